The quantitative estimate of drug-likeness (QED) is 0.0364. The maximum Gasteiger partial charge on any atom is 0.339 e. The number of ether oxygens (including phenoxy) is 3. The van der Waals surface area contributed by atoms with Gasteiger partial charge in [0.25, 0.3) is 5.91 Å². The summed E-state index contributed by atoms with van der Waals surface area (Å²) in [5, 5.41) is 19.8. The van der Waals surface area contributed by atoms with Crippen LogP contribution in [-0.4, -0.2) is 82.1 Å². The third-order valence-corrected chi connectivity index (χ3v) is 8.64. The van der Waals surface area contributed by atoms with E-state index in [4.69, 9.17) is 18.6 Å². The van der Waals surface area contributed by atoms with E-state index in [1.54, 1.807) is 42.5 Å². The van der Waals surface area contributed by atoms with Crippen molar-refractivity contribution in [1.29, 1.82) is 0 Å². The second kappa shape index (κ2) is 19.9. The lowest BCUT2D eigenvalue weighted by molar-refractivity contribution is -0.124. The molecule has 0 fully saturated rings. The van der Waals surface area contributed by atoms with Crippen molar-refractivity contribution in [3.8, 4) is 28.2 Å². The minimum absolute atomic E-state index is 0.163. The topological polar surface area (TPSA) is 161 Å². The minimum atomic E-state index is -0.624. The summed E-state index contributed by atoms with van der Waals surface area (Å²) in [6.07, 6.45) is 3.06. The summed E-state index contributed by atoms with van der Waals surface area (Å²) in [4.78, 5) is 42.7. The fourth-order valence-electron chi connectivity index (χ4n) is 5.99. The monoisotopic (exact) mass is 748 g/mol. The van der Waals surface area contributed by atoms with Crippen molar-refractivity contribution in [3.63, 3.8) is 0 Å². The number of hydrogen-bond donors (Lipinski definition) is 4. The highest BCUT2D eigenvalue weighted by Gasteiger charge is 2.24. The van der Waals surface area contributed by atoms with E-state index in [1.807, 2.05) is 58.0 Å². The van der Waals surface area contributed by atoms with Gasteiger partial charge < -0.3 is 39.7 Å². The van der Waals surface area contributed by atoms with Crippen LogP contribution in [0.3, 0.4) is 0 Å². The van der Waals surface area contributed by atoms with E-state index in [-0.39, 0.29) is 24.8 Å². The number of nitrogens with zero attached hydrogens (tertiary/aromatic N) is 1. The zero-order chi connectivity index (χ0) is 39.2. The van der Waals surface area contributed by atoms with Gasteiger partial charge in [0.1, 0.15) is 17.1 Å². The number of aryl methyl sites for hydroxylation is 2. The normalized spacial score (nSPS) is 11.7. The summed E-state index contributed by atoms with van der Waals surface area (Å²) in [7, 11) is 0. The van der Waals surface area contributed by atoms with Gasteiger partial charge >= 0.3 is 5.97 Å². The summed E-state index contributed by atoms with van der Waals surface area (Å²) in [5.41, 5.74) is 7.08. The number of nitrogens with one attached hydrogen (secondary N) is 3. The number of fused-ring (bicyclic) bond motifs is 2. The van der Waals surface area contributed by atoms with Crippen molar-refractivity contribution >= 4 is 40.5 Å². The molecule has 0 atom stereocenters. The number of anilines is 1. The maximum atomic E-state index is 13.6. The van der Waals surface area contributed by atoms with Crippen molar-refractivity contribution in [2.45, 2.75) is 27.7 Å². The van der Waals surface area contributed by atoms with Crippen LogP contribution in [-0.2, 0) is 23.8 Å². The number of phenolic OH excluding ortho intramolecular Hbond substituents is 1. The predicted molar refractivity (Wildman–Crippen MR) is 213 cm³/mol. The van der Waals surface area contributed by atoms with Gasteiger partial charge in [-0.3, -0.25) is 14.6 Å². The number of amides is 2. The van der Waals surface area contributed by atoms with Crippen molar-refractivity contribution < 1.29 is 38.1 Å². The van der Waals surface area contributed by atoms with Crippen LogP contribution in [0.15, 0.2) is 88.3 Å². The van der Waals surface area contributed by atoms with Crippen molar-refractivity contribution in [3.05, 3.63) is 106 Å². The second-order valence-electron chi connectivity index (χ2n) is 12.7. The van der Waals surface area contributed by atoms with Crippen LogP contribution in [0.1, 0.15) is 40.9 Å². The van der Waals surface area contributed by atoms with Crippen molar-refractivity contribution in [1.82, 2.24) is 10.6 Å². The summed E-state index contributed by atoms with van der Waals surface area (Å²) in [6.45, 7) is 10.7. The number of aromatic hydroxyl groups is 1. The largest absolute Gasteiger partial charge is 0.508 e. The average molecular weight is 749 g/mol. The molecular formula is C43H48N4O8. The van der Waals surface area contributed by atoms with Gasteiger partial charge in [0.2, 0.25) is 5.91 Å². The minimum Gasteiger partial charge on any atom is -0.508 e. The molecule has 0 unspecified atom stereocenters. The molecule has 0 aromatic heterocycles. The molecular weight excluding hydrogens is 700 g/mol. The lowest BCUT2D eigenvalue weighted by Crippen LogP contribution is -2.32. The highest BCUT2D eigenvalue weighted by Crippen LogP contribution is 2.43. The van der Waals surface area contributed by atoms with Crippen LogP contribution in [0.5, 0.6) is 5.75 Å². The van der Waals surface area contributed by atoms with Gasteiger partial charge in [-0.05, 0) is 86.4 Å². The van der Waals surface area contributed by atoms with E-state index in [2.05, 4.69) is 27.0 Å². The standard InChI is InChI=1S/C43H48N4O8/c1-5-44-36-25-38-34(23-28(36)3)42(35-24-29(4)37(45-6-2)26-39(35)55-38)32-9-7-8-10-33(32)43(51)54-27-41(50)47-18-20-53-22-21-52-19-17-46-40(49)16-13-30-11-14-31(48)15-12-30/h7-16,23-26,44,48H,5-6,17-22,27H2,1-4H3,(H,46,49)(H,47,50)/b16-13+,45-37?. The van der Waals surface area contributed by atoms with Gasteiger partial charge in [0.05, 0.1) is 37.3 Å². The lowest BCUT2D eigenvalue weighted by Gasteiger charge is -2.19. The fourth-order valence-corrected chi connectivity index (χ4v) is 5.99. The molecule has 0 spiro atoms. The Morgan fingerprint density at radius 2 is 1.56 bits per heavy atom. The first kappa shape index (κ1) is 40.2. The van der Waals surface area contributed by atoms with Crippen LogP contribution in [0.2, 0.25) is 0 Å². The van der Waals surface area contributed by atoms with Crippen LogP contribution in [0.4, 0.5) is 5.69 Å². The lowest BCUT2D eigenvalue weighted by atomic mass is 9.89. The molecule has 3 aromatic rings. The highest BCUT2D eigenvalue weighted by molar-refractivity contribution is 6.08. The molecule has 288 valence electrons. The molecule has 1 aliphatic carbocycles. The Kier molecular flexibility index (Phi) is 14.6. The predicted octanol–water partition coefficient (Wildman–Crippen LogP) is 6.02. The van der Waals surface area contributed by atoms with Crippen LogP contribution in [0, 0.1) is 13.8 Å². The molecule has 1 aliphatic heterocycles. The molecule has 0 saturated heterocycles. The SMILES string of the molecule is CCN=c1cc2oc3cc(NCC)c(C)cc3c(-c3ccccc3C(=O)OCC(=O)NCCOCCOCCNC(=O)/C=C/c3ccc(O)cc3)c-2cc1C. The summed E-state index contributed by atoms with van der Waals surface area (Å²) in [5.74, 6) is -0.527. The summed E-state index contributed by atoms with van der Waals surface area (Å²) < 4.78 is 23.0. The number of phenols is 1. The van der Waals surface area contributed by atoms with Gasteiger partial charge in [-0.25, -0.2) is 4.79 Å². The molecule has 0 radical (unpaired) electrons. The van der Waals surface area contributed by atoms with Gasteiger partial charge in [0, 0.05) is 66.6 Å². The van der Waals surface area contributed by atoms with Gasteiger partial charge in [0.15, 0.2) is 6.61 Å². The smallest absolute Gasteiger partial charge is 0.339 e. The van der Waals surface area contributed by atoms with E-state index in [1.165, 1.54) is 6.08 Å². The maximum absolute atomic E-state index is 13.6. The van der Waals surface area contributed by atoms with Crippen molar-refractivity contribution in [2.75, 3.05) is 64.5 Å². The Labute approximate surface area is 320 Å². The van der Waals surface area contributed by atoms with Gasteiger partial charge in [-0.2, -0.15) is 0 Å². The number of carbonyl (C=O) groups is 3. The number of benzene rings is 4. The van der Waals surface area contributed by atoms with E-state index < -0.39 is 18.5 Å². The highest BCUT2D eigenvalue weighted by atomic mass is 16.5. The van der Waals surface area contributed by atoms with E-state index in [0.29, 0.717) is 55.4 Å². The number of carbonyl (C=O) groups excluding carboxylic acids is 3. The molecule has 5 rings (SSSR count). The molecule has 1 heterocycles. The summed E-state index contributed by atoms with van der Waals surface area (Å²) >= 11 is 0. The second-order valence-corrected chi connectivity index (χ2v) is 12.7. The van der Waals surface area contributed by atoms with E-state index in [9.17, 15) is 19.5 Å². The molecule has 12 nitrogen and oxygen atoms in total. The van der Waals surface area contributed by atoms with Crippen LogP contribution < -0.4 is 21.3 Å². The first-order valence-corrected chi connectivity index (χ1v) is 18.4. The average Bonchev–Trinajstić information content (AvgIpc) is 3.17. The molecule has 12 heteroatoms. The van der Waals surface area contributed by atoms with E-state index in [0.717, 1.165) is 50.8 Å². The first-order chi connectivity index (χ1) is 26.7. The first-order valence-electron chi connectivity index (χ1n) is 18.4. The Morgan fingerprint density at radius 1 is 0.836 bits per heavy atom. The number of esters is 1. The zero-order valence-electron chi connectivity index (χ0n) is 31.7. The van der Waals surface area contributed by atoms with Crippen molar-refractivity contribution in [2.24, 2.45) is 4.99 Å². The molecule has 0 saturated carbocycles. The molecule has 2 amide bonds. The third-order valence-electron chi connectivity index (χ3n) is 8.64. The fraction of sp³-hybridized carbons (Fsp3) is 0.302. The zero-order valence-corrected chi connectivity index (χ0v) is 31.7. The molecule has 4 N–H and O–H groups in total. The molecule has 2 aliphatic rings. The van der Waals surface area contributed by atoms with Crippen LogP contribution >= 0.6 is 0 Å². The number of rotatable bonds is 18. The Bertz CT molecular complexity index is 2170. The number of hydrogen-bond acceptors (Lipinski definition) is 10. The Balaban J connectivity index is 1.12. The molecule has 3 aromatic carbocycles. The molecule has 55 heavy (non-hydrogen) atoms. The third kappa shape index (κ3) is 11.0. The van der Waals surface area contributed by atoms with Gasteiger partial charge in [-0.1, -0.05) is 30.3 Å². The Hall–Kier alpha value is -5.98. The Morgan fingerprint density at radius 3 is 2.29 bits per heavy atom. The van der Waals surface area contributed by atoms with Gasteiger partial charge in [-0.15, -0.1) is 0 Å². The van der Waals surface area contributed by atoms with E-state index >= 15 is 0 Å². The van der Waals surface area contributed by atoms with Crippen LogP contribution in [0.25, 0.3) is 39.5 Å². The molecule has 0 bridgehead atoms. The summed E-state index contributed by atoms with van der Waals surface area (Å²) in [6, 6.07) is 21.8.